The highest BCUT2D eigenvalue weighted by Gasteiger charge is 2.15. The minimum Gasteiger partial charge on any atom is -0.357 e. The number of carbonyl (C=O) groups is 1. The Kier molecular flexibility index (Phi) is 6.23. The largest absolute Gasteiger partial charge is 0.357 e. The number of benzene rings is 1. The summed E-state index contributed by atoms with van der Waals surface area (Å²) < 4.78 is 1.65. The fourth-order valence-electron chi connectivity index (χ4n) is 2.57. The molecule has 3 aromatic rings. The summed E-state index contributed by atoms with van der Waals surface area (Å²) in [6, 6.07) is 15.0. The van der Waals surface area contributed by atoms with E-state index in [2.05, 4.69) is 26.3 Å². The van der Waals surface area contributed by atoms with Gasteiger partial charge in [-0.25, -0.2) is 9.67 Å². The number of hydrazine groups is 1. The lowest BCUT2D eigenvalue weighted by Crippen LogP contribution is -2.46. The summed E-state index contributed by atoms with van der Waals surface area (Å²) >= 11 is 11.3. The van der Waals surface area contributed by atoms with Crippen LogP contribution in [0.25, 0.3) is 5.82 Å². The number of thiocarbonyl (C=S) groups is 1. The molecule has 0 aliphatic carbocycles. The Bertz CT molecular complexity index is 1000. The topological polar surface area (TPSA) is 83.9 Å². The molecular weight excluding hydrogens is 396 g/mol. The SMILES string of the molecule is Cc1cc(C)n(-c2ccc(Cl)c(C(=O)NNC(=S)NCc3ccccc3)n2)n1. The zero-order valence-electron chi connectivity index (χ0n) is 15.4. The van der Waals surface area contributed by atoms with E-state index in [0.717, 1.165) is 17.0 Å². The van der Waals surface area contributed by atoms with Gasteiger partial charge in [-0.2, -0.15) is 5.10 Å². The van der Waals surface area contributed by atoms with Gasteiger partial charge in [0.1, 0.15) is 0 Å². The highest BCUT2D eigenvalue weighted by molar-refractivity contribution is 7.80. The van der Waals surface area contributed by atoms with Gasteiger partial charge in [0.15, 0.2) is 16.6 Å². The van der Waals surface area contributed by atoms with Crippen LogP contribution >= 0.6 is 23.8 Å². The van der Waals surface area contributed by atoms with E-state index in [9.17, 15) is 4.79 Å². The van der Waals surface area contributed by atoms with Gasteiger partial charge in [0.2, 0.25) is 0 Å². The molecule has 0 aliphatic heterocycles. The predicted molar refractivity (Wildman–Crippen MR) is 112 cm³/mol. The monoisotopic (exact) mass is 414 g/mol. The van der Waals surface area contributed by atoms with Crippen molar-refractivity contribution in [2.75, 3.05) is 0 Å². The van der Waals surface area contributed by atoms with Crippen LogP contribution in [0.1, 0.15) is 27.4 Å². The zero-order chi connectivity index (χ0) is 20.1. The third kappa shape index (κ3) is 4.85. The molecule has 9 heteroatoms. The lowest BCUT2D eigenvalue weighted by molar-refractivity contribution is 0.0938. The average molecular weight is 415 g/mol. The molecule has 0 fully saturated rings. The molecule has 28 heavy (non-hydrogen) atoms. The molecule has 1 aromatic carbocycles. The molecule has 3 N–H and O–H groups in total. The third-order valence-corrected chi connectivity index (χ3v) is 4.41. The van der Waals surface area contributed by atoms with Crippen molar-refractivity contribution in [3.63, 3.8) is 0 Å². The number of halogens is 1. The van der Waals surface area contributed by atoms with Crippen LogP contribution in [0.5, 0.6) is 0 Å². The molecule has 0 radical (unpaired) electrons. The van der Waals surface area contributed by atoms with Crippen LogP contribution < -0.4 is 16.2 Å². The quantitative estimate of drug-likeness (QED) is 0.449. The Labute approximate surface area is 173 Å². The average Bonchev–Trinajstić information content (AvgIpc) is 3.03. The van der Waals surface area contributed by atoms with E-state index < -0.39 is 5.91 Å². The molecule has 7 nitrogen and oxygen atoms in total. The van der Waals surface area contributed by atoms with Crippen LogP contribution in [0.4, 0.5) is 0 Å². The van der Waals surface area contributed by atoms with E-state index >= 15 is 0 Å². The first-order valence-corrected chi connectivity index (χ1v) is 9.31. The van der Waals surface area contributed by atoms with Crippen molar-refractivity contribution >= 4 is 34.8 Å². The molecule has 2 aromatic heterocycles. The van der Waals surface area contributed by atoms with Crippen molar-refractivity contribution in [1.82, 2.24) is 30.9 Å². The van der Waals surface area contributed by atoms with Gasteiger partial charge in [-0.1, -0.05) is 41.9 Å². The minimum atomic E-state index is -0.503. The van der Waals surface area contributed by atoms with Crippen LogP contribution in [-0.4, -0.2) is 25.8 Å². The molecule has 1 amide bonds. The van der Waals surface area contributed by atoms with Gasteiger partial charge in [0.05, 0.1) is 10.7 Å². The van der Waals surface area contributed by atoms with Crippen molar-refractivity contribution in [3.8, 4) is 5.82 Å². The van der Waals surface area contributed by atoms with Crippen LogP contribution in [0.2, 0.25) is 5.02 Å². The molecule has 3 rings (SSSR count). The van der Waals surface area contributed by atoms with Crippen molar-refractivity contribution in [3.05, 3.63) is 76.2 Å². The second kappa shape index (κ2) is 8.81. The van der Waals surface area contributed by atoms with Crippen molar-refractivity contribution < 1.29 is 4.79 Å². The Hall–Kier alpha value is -2.97. The molecule has 0 saturated heterocycles. The maximum Gasteiger partial charge on any atom is 0.289 e. The number of aryl methyl sites for hydroxylation is 2. The number of aromatic nitrogens is 3. The number of amides is 1. The van der Waals surface area contributed by atoms with Crippen LogP contribution in [0.3, 0.4) is 0 Å². The van der Waals surface area contributed by atoms with E-state index in [-0.39, 0.29) is 15.8 Å². The lowest BCUT2D eigenvalue weighted by Gasteiger charge is -2.12. The lowest BCUT2D eigenvalue weighted by atomic mass is 10.2. The molecule has 0 atom stereocenters. The number of hydrogen-bond donors (Lipinski definition) is 3. The molecule has 0 unspecified atom stereocenters. The number of hydrogen-bond acceptors (Lipinski definition) is 4. The van der Waals surface area contributed by atoms with Crippen LogP contribution in [0, 0.1) is 13.8 Å². The first kappa shape index (κ1) is 19.8. The fraction of sp³-hybridized carbons (Fsp3) is 0.158. The van der Waals surface area contributed by atoms with E-state index in [4.69, 9.17) is 23.8 Å². The molecular formula is C19H19ClN6OS. The zero-order valence-corrected chi connectivity index (χ0v) is 16.9. The van der Waals surface area contributed by atoms with Crippen molar-refractivity contribution in [1.29, 1.82) is 0 Å². The summed E-state index contributed by atoms with van der Waals surface area (Å²) in [6.07, 6.45) is 0. The first-order chi connectivity index (χ1) is 13.4. The van der Waals surface area contributed by atoms with Crippen molar-refractivity contribution in [2.24, 2.45) is 0 Å². The van der Waals surface area contributed by atoms with Gasteiger partial charge in [-0.05, 0) is 49.8 Å². The Morgan fingerprint density at radius 2 is 1.89 bits per heavy atom. The summed E-state index contributed by atoms with van der Waals surface area (Å²) in [5.74, 6) is 0.00201. The highest BCUT2D eigenvalue weighted by atomic mass is 35.5. The van der Waals surface area contributed by atoms with Gasteiger partial charge in [-0.3, -0.25) is 15.6 Å². The summed E-state index contributed by atoms with van der Waals surface area (Å²) in [4.78, 5) is 16.8. The van der Waals surface area contributed by atoms with E-state index in [1.54, 1.807) is 16.8 Å². The molecule has 2 heterocycles. The summed E-state index contributed by atoms with van der Waals surface area (Å²) in [6.45, 7) is 4.34. The maximum atomic E-state index is 12.5. The second-order valence-corrected chi connectivity index (χ2v) is 6.90. The maximum absolute atomic E-state index is 12.5. The molecule has 0 aliphatic rings. The van der Waals surface area contributed by atoms with E-state index in [0.29, 0.717) is 12.4 Å². The van der Waals surface area contributed by atoms with E-state index in [1.165, 1.54) is 0 Å². The number of nitrogens with zero attached hydrogens (tertiary/aromatic N) is 3. The van der Waals surface area contributed by atoms with Gasteiger partial charge in [-0.15, -0.1) is 0 Å². The Morgan fingerprint density at radius 3 is 2.57 bits per heavy atom. The first-order valence-electron chi connectivity index (χ1n) is 8.52. The highest BCUT2D eigenvalue weighted by Crippen LogP contribution is 2.17. The summed E-state index contributed by atoms with van der Waals surface area (Å²) in [5.41, 5.74) is 8.07. The third-order valence-electron chi connectivity index (χ3n) is 3.86. The summed E-state index contributed by atoms with van der Waals surface area (Å²) in [7, 11) is 0. The van der Waals surface area contributed by atoms with Crippen LogP contribution in [0.15, 0.2) is 48.5 Å². The number of pyridine rings is 1. The van der Waals surface area contributed by atoms with E-state index in [1.807, 2.05) is 50.2 Å². The molecule has 0 bridgehead atoms. The number of rotatable bonds is 4. The normalized spacial score (nSPS) is 10.4. The van der Waals surface area contributed by atoms with Gasteiger partial charge < -0.3 is 5.32 Å². The predicted octanol–water partition coefficient (Wildman–Crippen LogP) is 2.85. The standard InChI is InChI=1S/C19H19ClN6OS/c1-12-10-13(2)26(25-12)16-9-8-15(20)17(22-16)18(27)23-24-19(28)21-11-14-6-4-3-5-7-14/h3-10H,11H2,1-2H3,(H,23,27)(H2,21,24,28). The van der Waals surface area contributed by atoms with Gasteiger partial charge >= 0.3 is 0 Å². The number of carbonyl (C=O) groups excluding carboxylic acids is 1. The van der Waals surface area contributed by atoms with Gasteiger partial charge in [0.25, 0.3) is 5.91 Å². The molecule has 144 valence electrons. The fourth-order valence-corrected chi connectivity index (χ4v) is 2.88. The Morgan fingerprint density at radius 1 is 1.14 bits per heavy atom. The smallest absolute Gasteiger partial charge is 0.289 e. The second-order valence-electron chi connectivity index (χ2n) is 6.09. The van der Waals surface area contributed by atoms with Gasteiger partial charge in [0, 0.05) is 12.2 Å². The summed E-state index contributed by atoms with van der Waals surface area (Å²) in [5, 5.41) is 7.89. The molecule has 0 spiro atoms. The Balaban J connectivity index is 1.63. The molecule has 0 saturated carbocycles. The number of nitrogens with one attached hydrogen (secondary N) is 3. The van der Waals surface area contributed by atoms with Crippen LogP contribution in [-0.2, 0) is 6.54 Å². The minimum absolute atomic E-state index is 0.0741. The van der Waals surface area contributed by atoms with Crippen molar-refractivity contribution in [2.45, 2.75) is 20.4 Å².